The number of amides is 1. The van der Waals surface area contributed by atoms with Crippen molar-refractivity contribution < 1.29 is 13.6 Å². The van der Waals surface area contributed by atoms with E-state index in [0.717, 1.165) is 11.1 Å². The third-order valence-corrected chi connectivity index (χ3v) is 5.08. The van der Waals surface area contributed by atoms with Crippen LogP contribution in [0.15, 0.2) is 57.7 Å². The number of H-pyrrole nitrogens is 1. The minimum absolute atomic E-state index is 0.183. The van der Waals surface area contributed by atoms with E-state index in [9.17, 15) is 14.0 Å². The number of hydrogen-bond acceptors (Lipinski definition) is 5. The van der Waals surface area contributed by atoms with Crippen molar-refractivity contribution in [3.8, 4) is 17.1 Å². The summed E-state index contributed by atoms with van der Waals surface area (Å²) in [5, 5.41) is 13.7. The maximum Gasteiger partial charge on any atom is 0.264 e. The highest BCUT2D eigenvalue weighted by atomic mass is 19.1. The zero-order chi connectivity index (χ0) is 20.8. The molecule has 30 heavy (non-hydrogen) atoms. The number of furan rings is 1. The van der Waals surface area contributed by atoms with E-state index in [2.05, 4.69) is 20.6 Å². The molecule has 150 valence electrons. The Balaban J connectivity index is 1.58. The smallest absolute Gasteiger partial charge is 0.264 e. The predicted octanol–water partition coefficient (Wildman–Crippen LogP) is 3.14. The second kappa shape index (κ2) is 6.80. The average Bonchev–Trinajstić information content (AvgIpc) is 3.34. The van der Waals surface area contributed by atoms with Gasteiger partial charge in [-0.1, -0.05) is 0 Å². The van der Waals surface area contributed by atoms with Crippen LogP contribution in [0.1, 0.15) is 29.4 Å². The van der Waals surface area contributed by atoms with Crippen LogP contribution in [0.3, 0.4) is 0 Å². The van der Waals surface area contributed by atoms with Gasteiger partial charge in [0.25, 0.3) is 5.56 Å². The molecule has 3 aromatic heterocycles. The Labute approximate surface area is 169 Å². The lowest BCUT2D eigenvalue weighted by Crippen LogP contribution is -2.25. The van der Waals surface area contributed by atoms with Gasteiger partial charge in [0.15, 0.2) is 5.82 Å². The van der Waals surface area contributed by atoms with Gasteiger partial charge in [0.2, 0.25) is 5.91 Å². The number of nitrogens with one attached hydrogen (secondary N) is 2. The molecule has 8 nitrogen and oxygen atoms in total. The standard InChI is InChI=1S/C21H16FN5O3/c1-11-20-14(16-7-6-15(30-16)12-2-4-13(22)5-3-12)10-19(29)23-21(20)27(26-11)17-8-9-18(28)25-24-17/h2-9,14H,10H2,1H3,(H,23,29)(H,25,28)/t14-/m0/s1. The number of carbonyl (C=O) groups is 1. The molecule has 0 radical (unpaired) electrons. The van der Waals surface area contributed by atoms with Gasteiger partial charge in [-0.2, -0.15) is 14.9 Å². The Morgan fingerprint density at radius 3 is 2.63 bits per heavy atom. The van der Waals surface area contributed by atoms with Gasteiger partial charge in [0.1, 0.15) is 23.2 Å². The molecule has 1 amide bonds. The third kappa shape index (κ3) is 3.00. The van der Waals surface area contributed by atoms with Crippen LogP contribution < -0.4 is 10.9 Å². The molecule has 0 bridgehead atoms. The Kier molecular flexibility index (Phi) is 4.09. The summed E-state index contributed by atoms with van der Waals surface area (Å²) < 4.78 is 20.7. The molecular weight excluding hydrogens is 389 g/mol. The fourth-order valence-electron chi connectivity index (χ4n) is 3.72. The molecule has 4 aromatic rings. The van der Waals surface area contributed by atoms with Gasteiger partial charge in [-0.25, -0.2) is 9.49 Å². The van der Waals surface area contributed by atoms with Gasteiger partial charge in [0, 0.05) is 23.6 Å². The van der Waals surface area contributed by atoms with E-state index in [1.54, 1.807) is 18.2 Å². The highest BCUT2D eigenvalue weighted by molar-refractivity contribution is 5.94. The summed E-state index contributed by atoms with van der Waals surface area (Å²) in [5.74, 6) is 1.24. The summed E-state index contributed by atoms with van der Waals surface area (Å²) in [7, 11) is 0. The van der Waals surface area contributed by atoms with Crippen molar-refractivity contribution in [2.24, 2.45) is 0 Å². The second-order valence-corrected chi connectivity index (χ2v) is 7.05. The highest BCUT2D eigenvalue weighted by Gasteiger charge is 2.34. The summed E-state index contributed by atoms with van der Waals surface area (Å²) >= 11 is 0. The zero-order valence-corrected chi connectivity index (χ0v) is 15.8. The normalized spacial score (nSPS) is 15.7. The van der Waals surface area contributed by atoms with E-state index >= 15 is 0 Å². The van der Waals surface area contributed by atoms with Crippen molar-refractivity contribution in [3.05, 3.63) is 81.7 Å². The first-order chi connectivity index (χ1) is 14.5. The Morgan fingerprint density at radius 1 is 1.10 bits per heavy atom. The van der Waals surface area contributed by atoms with Gasteiger partial charge in [-0.15, -0.1) is 0 Å². The topological polar surface area (TPSA) is 106 Å². The number of fused-ring (bicyclic) bond motifs is 1. The molecule has 0 spiro atoms. The highest BCUT2D eigenvalue weighted by Crippen LogP contribution is 2.41. The van der Waals surface area contributed by atoms with Gasteiger partial charge < -0.3 is 9.73 Å². The van der Waals surface area contributed by atoms with Crippen molar-refractivity contribution >= 4 is 11.7 Å². The van der Waals surface area contributed by atoms with E-state index in [0.29, 0.717) is 28.9 Å². The molecule has 1 aliphatic heterocycles. The lowest BCUT2D eigenvalue weighted by molar-refractivity contribution is -0.116. The van der Waals surface area contributed by atoms with Crippen LogP contribution >= 0.6 is 0 Å². The average molecular weight is 405 g/mol. The molecule has 1 aliphatic rings. The number of nitrogens with zero attached hydrogens (tertiary/aromatic N) is 3. The zero-order valence-electron chi connectivity index (χ0n) is 15.8. The lowest BCUT2D eigenvalue weighted by Gasteiger charge is -2.22. The lowest BCUT2D eigenvalue weighted by atomic mass is 9.90. The fraction of sp³-hybridized carbons (Fsp3) is 0.143. The summed E-state index contributed by atoms with van der Waals surface area (Å²) in [6.07, 6.45) is 0.203. The second-order valence-electron chi connectivity index (χ2n) is 7.05. The number of rotatable bonds is 3. The van der Waals surface area contributed by atoms with Crippen molar-refractivity contribution in [2.45, 2.75) is 19.3 Å². The SMILES string of the molecule is Cc1nn(-c2ccc(=O)[nH]n2)c2c1[C@H](c1ccc(-c3ccc(F)cc3)o1)CC(=O)N2. The summed E-state index contributed by atoms with van der Waals surface area (Å²) in [6.45, 7) is 1.84. The Bertz CT molecular complexity index is 1300. The first-order valence-electron chi connectivity index (χ1n) is 9.31. The van der Waals surface area contributed by atoms with E-state index in [1.165, 1.54) is 28.9 Å². The third-order valence-electron chi connectivity index (χ3n) is 5.08. The number of hydrogen-bond donors (Lipinski definition) is 2. The minimum Gasteiger partial charge on any atom is -0.460 e. The van der Waals surface area contributed by atoms with Gasteiger partial charge in [-0.3, -0.25) is 9.59 Å². The molecule has 1 atom stereocenters. The first kappa shape index (κ1) is 18.0. The molecule has 0 fully saturated rings. The number of aromatic amines is 1. The molecule has 0 unspecified atom stereocenters. The molecule has 5 rings (SSSR count). The van der Waals surface area contributed by atoms with Gasteiger partial charge in [0.05, 0.1) is 11.6 Å². The van der Waals surface area contributed by atoms with Crippen LogP contribution in [-0.4, -0.2) is 25.9 Å². The number of aryl methyl sites for hydroxylation is 1. The van der Waals surface area contributed by atoms with Crippen LogP contribution in [-0.2, 0) is 4.79 Å². The van der Waals surface area contributed by atoms with Crippen molar-refractivity contribution in [2.75, 3.05) is 5.32 Å². The van der Waals surface area contributed by atoms with Gasteiger partial charge >= 0.3 is 0 Å². The Hall–Kier alpha value is -4.01. The molecular formula is C21H16FN5O3. The number of carbonyl (C=O) groups excluding carboxylic acids is 1. The number of halogens is 1. The molecule has 0 aliphatic carbocycles. The van der Waals surface area contributed by atoms with E-state index in [1.807, 2.05) is 13.0 Å². The van der Waals surface area contributed by atoms with Crippen LogP contribution in [0.2, 0.25) is 0 Å². The quantitative estimate of drug-likeness (QED) is 0.545. The molecule has 2 N–H and O–H groups in total. The van der Waals surface area contributed by atoms with Crippen molar-refractivity contribution in [3.63, 3.8) is 0 Å². The summed E-state index contributed by atoms with van der Waals surface area (Å²) in [6, 6.07) is 12.5. The number of benzene rings is 1. The Morgan fingerprint density at radius 2 is 1.90 bits per heavy atom. The molecule has 1 aromatic carbocycles. The monoisotopic (exact) mass is 405 g/mol. The van der Waals surface area contributed by atoms with Crippen molar-refractivity contribution in [1.82, 2.24) is 20.0 Å². The fourth-order valence-corrected chi connectivity index (χ4v) is 3.72. The first-order valence-corrected chi connectivity index (χ1v) is 9.31. The maximum atomic E-state index is 13.2. The molecule has 0 saturated heterocycles. The number of anilines is 1. The molecule has 4 heterocycles. The van der Waals surface area contributed by atoms with Crippen LogP contribution in [0.4, 0.5) is 10.2 Å². The largest absolute Gasteiger partial charge is 0.460 e. The van der Waals surface area contributed by atoms with E-state index in [4.69, 9.17) is 4.42 Å². The summed E-state index contributed by atoms with van der Waals surface area (Å²) in [5.41, 5.74) is 1.95. The summed E-state index contributed by atoms with van der Waals surface area (Å²) in [4.78, 5) is 23.8. The van der Waals surface area contributed by atoms with E-state index in [-0.39, 0.29) is 29.6 Å². The van der Waals surface area contributed by atoms with Gasteiger partial charge in [-0.05, 0) is 49.4 Å². The predicted molar refractivity (Wildman–Crippen MR) is 106 cm³/mol. The van der Waals surface area contributed by atoms with Crippen LogP contribution in [0.5, 0.6) is 0 Å². The maximum absolute atomic E-state index is 13.2. The minimum atomic E-state index is -0.334. The molecule has 0 saturated carbocycles. The number of aromatic nitrogens is 4. The van der Waals surface area contributed by atoms with Crippen LogP contribution in [0, 0.1) is 12.7 Å². The van der Waals surface area contributed by atoms with Crippen LogP contribution in [0.25, 0.3) is 17.1 Å². The molecule has 9 heteroatoms. The van der Waals surface area contributed by atoms with E-state index < -0.39 is 0 Å². The van der Waals surface area contributed by atoms with Crippen molar-refractivity contribution in [1.29, 1.82) is 0 Å².